The van der Waals surface area contributed by atoms with Gasteiger partial charge in [-0.2, -0.15) is 0 Å². The third kappa shape index (κ3) is 7.40. The van der Waals surface area contributed by atoms with Crippen LogP contribution in [0, 0.1) is 5.92 Å². The van der Waals surface area contributed by atoms with Gasteiger partial charge in [-0.15, -0.1) is 0 Å². The van der Waals surface area contributed by atoms with E-state index in [2.05, 4.69) is 10.6 Å². The number of phenolic OH excluding ortho intramolecular Hbond substituents is 1. The molecule has 1 aromatic rings. The standard InChI is InChI=1S/C22H35N3O4/c26-19-6-8-21(9-7-19)29-16-20(27)15-23-14-17-10-12-25(13-11-17)22(28)24-18-4-2-1-3-5-18/h6-9,17-18,20,23,26-27H,1-5,10-16H2,(H,24,28)/t20-/m0/s1. The fourth-order valence-electron chi connectivity index (χ4n) is 4.10. The molecule has 1 saturated carbocycles. The molecule has 4 N–H and O–H groups in total. The Kier molecular flexibility index (Phi) is 8.43. The largest absolute Gasteiger partial charge is 0.508 e. The van der Waals surface area contributed by atoms with Crippen molar-refractivity contribution in [3.05, 3.63) is 24.3 Å². The summed E-state index contributed by atoms with van der Waals surface area (Å²) in [5, 5.41) is 25.8. The number of benzene rings is 1. The van der Waals surface area contributed by atoms with Crippen LogP contribution < -0.4 is 15.4 Å². The summed E-state index contributed by atoms with van der Waals surface area (Å²) < 4.78 is 5.52. The summed E-state index contributed by atoms with van der Waals surface area (Å²) in [4.78, 5) is 14.4. The summed E-state index contributed by atoms with van der Waals surface area (Å²) in [7, 11) is 0. The Morgan fingerprint density at radius 1 is 1.10 bits per heavy atom. The first-order valence-corrected chi connectivity index (χ1v) is 11.0. The highest BCUT2D eigenvalue weighted by atomic mass is 16.5. The number of likely N-dealkylation sites (tertiary alicyclic amines) is 1. The van der Waals surface area contributed by atoms with E-state index in [1.54, 1.807) is 24.3 Å². The van der Waals surface area contributed by atoms with E-state index >= 15 is 0 Å². The molecule has 1 atom stereocenters. The van der Waals surface area contributed by atoms with Gasteiger partial charge < -0.3 is 30.5 Å². The molecule has 0 aromatic heterocycles. The molecule has 0 unspecified atom stereocenters. The molecule has 1 aliphatic heterocycles. The molecule has 3 rings (SSSR count). The molecule has 2 aliphatic rings. The Morgan fingerprint density at radius 2 is 1.79 bits per heavy atom. The van der Waals surface area contributed by atoms with Gasteiger partial charge >= 0.3 is 6.03 Å². The Labute approximate surface area is 173 Å². The predicted octanol–water partition coefficient (Wildman–Crippen LogP) is 2.48. The zero-order valence-corrected chi connectivity index (χ0v) is 17.2. The molecular weight excluding hydrogens is 370 g/mol. The molecule has 0 radical (unpaired) electrons. The summed E-state index contributed by atoms with van der Waals surface area (Å²) >= 11 is 0. The molecule has 0 bridgehead atoms. The van der Waals surface area contributed by atoms with Crippen LogP contribution in [0.4, 0.5) is 4.79 Å². The van der Waals surface area contributed by atoms with E-state index in [1.165, 1.54) is 19.3 Å². The van der Waals surface area contributed by atoms with Crippen molar-refractivity contribution in [3.63, 3.8) is 0 Å². The van der Waals surface area contributed by atoms with Crippen molar-refractivity contribution in [2.75, 3.05) is 32.8 Å². The van der Waals surface area contributed by atoms with Gasteiger partial charge in [0.25, 0.3) is 0 Å². The summed E-state index contributed by atoms with van der Waals surface area (Å²) in [5.41, 5.74) is 0. The first-order chi connectivity index (χ1) is 14.1. The van der Waals surface area contributed by atoms with Crippen LogP contribution in [0.5, 0.6) is 11.5 Å². The molecule has 29 heavy (non-hydrogen) atoms. The number of nitrogens with one attached hydrogen (secondary N) is 2. The van der Waals surface area contributed by atoms with E-state index in [0.29, 0.717) is 24.3 Å². The Hall–Kier alpha value is -1.99. The van der Waals surface area contributed by atoms with Gasteiger partial charge in [0.1, 0.15) is 24.2 Å². The minimum atomic E-state index is -0.592. The van der Waals surface area contributed by atoms with Crippen molar-refractivity contribution >= 4 is 6.03 Å². The minimum absolute atomic E-state index is 0.102. The normalized spacial score (nSPS) is 19.7. The zero-order valence-electron chi connectivity index (χ0n) is 17.2. The highest BCUT2D eigenvalue weighted by Crippen LogP contribution is 2.20. The molecule has 162 valence electrons. The first kappa shape index (κ1) is 21.7. The van der Waals surface area contributed by atoms with Crippen LogP contribution in [0.25, 0.3) is 0 Å². The number of carbonyl (C=O) groups excluding carboxylic acids is 1. The van der Waals surface area contributed by atoms with Crippen molar-refractivity contribution in [1.82, 2.24) is 15.5 Å². The lowest BCUT2D eigenvalue weighted by atomic mass is 9.95. The van der Waals surface area contributed by atoms with Crippen LogP contribution >= 0.6 is 0 Å². The maximum absolute atomic E-state index is 12.4. The molecule has 0 spiro atoms. The third-order valence-electron chi connectivity index (χ3n) is 5.93. The van der Waals surface area contributed by atoms with Gasteiger partial charge in [0.05, 0.1) is 0 Å². The van der Waals surface area contributed by atoms with Crippen LogP contribution in [-0.2, 0) is 0 Å². The summed E-state index contributed by atoms with van der Waals surface area (Å²) in [6.07, 6.45) is 7.37. The van der Waals surface area contributed by atoms with E-state index in [-0.39, 0.29) is 18.4 Å². The third-order valence-corrected chi connectivity index (χ3v) is 5.93. The number of nitrogens with zero attached hydrogens (tertiary/aromatic N) is 1. The average molecular weight is 406 g/mol. The molecule has 1 aliphatic carbocycles. The number of ether oxygens (including phenoxy) is 1. The van der Waals surface area contributed by atoms with Crippen LogP contribution in [0.2, 0.25) is 0 Å². The van der Waals surface area contributed by atoms with Crippen molar-refractivity contribution in [1.29, 1.82) is 0 Å². The molecule has 1 aromatic carbocycles. The van der Waals surface area contributed by atoms with Crippen LogP contribution in [0.3, 0.4) is 0 Å². The number of aliphatic hydroxyl groups excluding tert-OH is 1. The smallest absolute Gasteiger partial charge is 0.317 e. The van der Waals surface area contributed by atoms with E-state index in [4.69, 9.17) is 4.74 Å². The molecular formula is C22H35N3O4. The van der Waals surface area contributed by atoms with Crippen molar-refractivity contribution < 1.29 is 19.7 Å². The van der Waals surface area contributed by atoms with Gasteiger partial charge in [0.15, 0.2) is 0 Å². The predicted molar refractivity (Wildman–Crippen MR) is 112 cm³/mol. The lowest BCUT2D eigenvalue weighted by Gasteiger charge is -2.34. The number of piperidine rings is 1. The van der Waals surface area contributed by atoms with E-state index < -0.39 is 6.10 Å². The van der Waals surface area contributed by atoms with E-state index in [9.17, 15) is 15.0 Å². The SMILES string of the molecule is O=C(NC1CCCCC1)N1CCC(CNC[C@H](O)COc2ccc(O)cc2)CC1. The van der Waals surface area contributed by atoms with Gasteiger partial charge in [-0.25, -0.2) is 4.79 Å². The second kappa shape index (κ2) is 11.3. The van der Waals surface area contributed by atoms with E-state index in [0.717, 1.165) is 45.3 Å². The molecule has 1 heterocycles. The van der Waals surface area contributed by atoms with Gasteiger partial charge in [0, 0.05) is 25.7 Å². The molecule has 7 heteroatoms. The zero-order chi connectivity index (χ0) is 20.5. The average Bonchev–Trinajstić information content (AvgIpc) is 2.74. The number of hydrogen-bond donors (Lipinski definition) is 4. The topological polar surface area (TPSA) is 94.1 Å². The first-order valence-electron chi connectivity index (χ1n) is 11.0. The second-order valence-corrected chi connectivity index (χ2v) is 8.33. The fraction of sp³-hybridized carbons (Fsp3) is 0.682. The Bertz CT molecular complexity index is 611. The summed E-state index contributed by atoms with van der Waals surface area (Å²) in [6, 6.07) is 6.93. The van der Waals surface area contributed by atoms with Gasteiger partial charge in [-0.3, -0.25) is 0 Å². The molecule has 1 saturated heterocycles. The number of phenols is 1. The molecule has 2 fully saturated rings. The van der Waals surface area contributed by atoms with Gasteiger partial charge in [-0.05, 0) is 62.4 Å². The van der Waals surface area contributed by atoms with E-state index in [1.807, 2.05) is 4.90 Å². The van der Waals surface area contributed by atoms with Crippen molar-refractivity contribution in [3.8, 4) is 11.5 Å². The number of urea groups is 1. The maximum Gasteiger partial charge on any atom is 0.317 e. The van der Waals surface area contributed by atoms with Crippen LogP contribution in [-0.4, -0.2) is 66.1 Å². The van der Waals surface area contributed by atoms with Crippen LogP contribution in [0.1, 0.15) is 44.9 Å². The molecule has 7 nitrogen and oxygen atoms in total. The fourth-order valence-corrected chi connectivity index (χ4v) is 4.10. The highest BCUT2D eigenvalue weighted by molar-refractivity contribution is 5.74. The van der Waals surface area contributed by atoms with Crippen LogP contribution in [0.15, 0.2) is 24.3 Å². The van der Waals surface area contributed by atoms with Gasteiger partial charge in [0.2, 0.25) is 0 Å². The number of amides is 2. The lowest BCUT2D eigenvalue weighted by molar-refractivity contribution is 0.104. The number of aromatic hydroxyl groups is 1. The Morgan fingerprint density at radius 3 is 2.48 bits per heavy atom. The number of rotatable bonds is 8. The maximum atomic E-state index is 12.4. The Balaban J connectivity index is 1.25. The second-order valence-electron chi connectivity index (χ2n) is 8.33. The number of aliphatic hydroxyl groups is 1. The van der Waals surface area contributed by atoms with Crippen molar-refractivity contribution in [2.24, 2.45) is 5.92 Å². The highest BCUT2D eigenvalue weighted by Gasteiger charge is 2.24. The van der Waals surface area contributed by atoms with Gasteiger partial charge in [-0.1, -0.05) is 19.3 Å². The monoisotopic (exact) mass is 405 g/mol. The minimum Gasteiger partial charge on any atom is -0.508 e. The lowest BCUT2D eigenvalue weighted by Crippen LogP contribution is -2.49. The number of hydrogen-bond acceptors (Lipinski definition) is 5. The number of carbonyl (C=O) groups is 1. The van der Waals surface area contributed by atoms with Crippen molar-refractivity contribution in [2.45, 2.75) is 57.1 Å². The summed E-state index contributed by atoms with van der Waals surface area (Å²) in [5.74, 6) is 1.34. The summed E-state index contributed by atoms with van der Waals surface area (Å²) in [6.45, 7) is 3.13. The molecule has 2 amide bonds. The quantitative estimate of drug-likeness (QED) is 0.533.